The zero-order chi connectivity index (χ0) is 29.2. The summed E-state index contributed by atoms with van der Waals surface area (Å²) in [7, 11) is 0. The Kier molecular flexibility index (Phi) is 7.46. The van der Waals surface area contributed by atoms with E-state index in [4.69, 9.17) is 14.5 Å². The van der Waals surface area contributed by atoms with Crippen LogP contribution in [0.4, 0.5) is 5.13 Å². The summed E-state index contributed by atoms with van der Waals surface area (Å²) in [5, 5.41) is 11.9. The predicted molar refractivity (Wildman–Crippen MR) is 164 cm³/mol. The Hall–Kier alpha value is -4.95. The Labute approximate surface area is 247 Å². The van der Waals surface area contributed by atoms with Gasteiger partial charge in [0.25, 0.3) is 5.78 Å². The molecule has 1 amide bonds. The number of hydrogen-bond donors (Lipinski definition) is 1. The predicted octanol–water partition coefficient (Wildman–Crippen LogP) is 7.21. The van der Waals surface area contributed by atoms with Crippen LogP contribution in [0.15, 0.2) is 103 Å². The molecule has 1 fully saturated rings. The fourth-order valence-corrected chi connectivity index (χ4v) is 6.08. The molecule has 0 aliphatic carbocycles. The number of Topliss-reactive ketones (excluding diaryl/α,β-unsaturated/α-hetero) is 1. The number of hydrogen-bond acceptors (Lipinski definition) is 7. The van der Waals surface area contributed by atoms with Crippen molar-refractivity contribution in [3.63, 3.8) is 0 Å². The summed E-state index contributed by atoms with van der Waals surface area (Å²) in [6.07, 6.45) is 0. The Bertz CT molecular complexity index is 1790. The molecule has 1 aliphatic rings. The van der Waals surface area contributed by atoms with Crippen molar-refractivity contribution in [1.82, 2.24) is 4.98 Å². The van der Waals surface area contributed by atoms with Crippen molar-refractivity contribution in [2.75, 3.05) is 11.5 Å². The molecule has 0 spiro atoms. The molecule has 0 bridgehead atoms. The Morgan fingerprint density at radius 1 is 0.905 bits per heavy atom. The first-order chi connectivity index (χ1) is 20.4. The number of aliphatic hydroxyl groups excluding tert-OH is 1. The summed E-state index contributed by atoms with van der Waals surface area (Å²) in [5.41, 5.74) is 3.89. The lowest BCUT2D eigenvalue weighted by molar-refractivity contribution is -0.132. The molecule has 4 aromatic carbocycles. The average Bonchev–Trinajstić information content (AvgIpc) is 3.54. The molecule has 8 heteroatoms. The number of carbonyl (C=O) groups excluding carboxylic acids is 2. The van der Waals surface area contributed by atoms with Crippen molar-refractivity contribution in [1.29, 1.82) is 0 Å². The summed E-state index contributed by atoms with van der Waals surface area (Å²) in [4.78, 5) is 33.3. The number of fused-ring (bicyclic) bond motifs is 1. The Morgan fingerprint density at radius 2 is 1.60 bits per heavy atom. The Balaban J connectivity index is 1.42. The second-order valence-electron chi connectivity index (χ2n) is 9.94. The van der Waals surface area contributed by atoms with Crippen LogP contribution in [0.5, 0.6) is 11.5 Å². The number of rotatable bonds is 8. The molecule has 1 aromatic heterocycles. The summed E-state index contributed by atoms with van der Waals surface area (Å²) in [6, 6.07) is 28.8. The number of benzene rings is 4. The average molecular weight is 577 g/mol. The summed E-state index contributed by atoms with van der Waals surface area (Å²) in [5.74, 6) is -0.493. The van der Waals surface area contributed by atoms with E-state index in [0.717, 1.165) is 21.3 Å². The smallest absolute Gasteiger partial charge is 0.301 e. The van der Waals surface area contributed by atoms with Gasteiger partial charge in [-0.2, -0.15) is 0 Å². The largest absolute Gasteiger partial charge is 0.507 e. The van der Waals surface area contributed by atoms with Crippen LogP contribution in [0.3, 0.4) is 0 Å². The number of aliphatic hydroxyl groups is 1. The van der Waals surface area contributed by atoms with Gasteiger partial charge in [0.15, 0.2) is 5.13 Å². The van der Waals surface area contributed by atoms with Gasteiger partial charge in [0.05, 0.1) is 28.4 Å². The van der Waals surface area contributed by atoms with Gasteiger partial charge in [0, 0.05) is 5.56 Å². The minimum atomic E-state index is -0.888. The molecule has 0 saturated carbocycles. The number of amides is 1. The highest BCUT2D eigenvalue weighted by Crippen LogP contribution is 2.44. The number of carbonyl (C=O) groups is 2. The third kappa shape index (κ3) is 5.24. The van der Waals surface area contributed by atoms with Crippen molar-refractivity contribution in [2.45, 2.75) is 26.5 Å². The molecule has 2 heterocycles. The molecule has 5 aromatic rings. The van der Waals surface area contributed by atoms with Gasteiger partial charge >= 0.3 is 5.91 Å². The van der Waals surface area contributed by atoms with Gasteiger partial charge in [0.2, 0.25) is 0 Å². The van der Waals surface area contributed by atoms with Gasteiger partial charge in [-0.1, -0.05) is 59.9 Å². The number of aryl methyl sites for hydroxylation is 1. The molecule has 1 N–H and O–H groups in total. The lowest BCUT2D eigenvalue weighted by Gasteiger charge is -2.23. The molecule has 7 nitrogen and oxygen atoms in total. The number of anilines is 1. The van der Waals surface area contributed by atoms with E-state index in [1.807, 2.05) is 74.5 Å². The minimum Gasteiger partial charge on any atom is -0.507 e. The van der Waals surface area contributed by atoms with E-state index in [9.17, 15) is 14.7 Å². The van der Waals surface area contributed by atoms with Crippen molar-refractivity contribution in [3.8, 4) is 11.5 Å². The van der Waals surface area contributed by atoms with E-state index in [0.29, 0.717) is 41.0 Å². The molecule has 1 atom stereocenters. The van der Waals surface area contributed by atoms with Crippen LogP contribution in [0.1, 0.15) is 35.2 Å². The molecule has 6 rings (SSSR count). The summed E-state index contributed by atoms with van der Waals surface area (Å²) >= 11 is 1.34. The molecule has 210 valence electrons. The third-order valence-electron chi connectivity index (χ3n) is 7.07. The lowest BCUT2D eigenvalue weighted by Crippen LogP contribution is -2.29. The lowest BCUT2D eigenvalue weighted by atomic mass is 9.95. The van der Waals surface area contributed by atoms with Gasteiger partial charge < -0.3 is 14.6 Å². The van der Waals surface area contributed by atoms with Gasteiger partial charge in [-0.3, -0.25) is 14.5 Å². The van der Waals surface area contributed by atoms with Crippen molar-refractivity contribution >= 4 is 44.1 Å². The van der Waals surface area contributed by atoms with E-state index >= 15 is 0 Å². The van der Waals surface area contributed by atoms with Gasteiger partial charge in [-0.15, -0.1) is 0 Å². The molecule has 42 heavy (non-hydrogen) atoms. The molecular formula is C34H28N2O5S. The first kappa shape index (κ1) is 27.2. The van der Waals surface area contributed by atoms with E-state index in [2.05, 4.69) is 0 Å². The topological polar surface area (TPSA) is 89.0 Å². The van der Waals surface area contributed by atoms with Crippen molar-refractivity contribution in [2.24, 2.45) is 0 Å². The fraction of sp³-hybridized carbons (Fsp3) is 0.147. The second-order valence-corrected chi connectivity index (χ2v) is 10.9. The Morgan fingerprint density at radius 3 is 2.31 bits per heavy atom. The quantitative estimate of drug-likeness (QED) is 0.119. The zero-order valence-electron chi connectivity index (χ0n) is 23.1. The molecule has 1 unspecified atom stereocenters. The van der Waals surface area contributed by atoms with E-state index in [1.54, 1.807) is 36.4 Å². The van der Waals surface area contributed by atoms with Crippen LogP contribution < -0.4 is 14.4 Å². The van der Waals surface area contributed by atoms with Crippen LogP contribution in [-0.4, -0.2) is 28.4 Å². The van der Waals surface area contributed by atoms with Crippen LogP contribution in [0.2, 0.25) is 0 Å². The van der Waals surface area contributed by atoms with Crippen LogP contribution >= 0.6 is 11.3 Å². The van der Waals surface area contributed by atoms with Crippen LogP contribution in [-0.2, 0) is 16.2 Å². The van der Waals surface area contributed by atoms with Gasteiger partial charge in [0.1, 0.15) is 23.9 Å². The highest BCUT2D eigenvalue weighted by atomic mass is 32.1. The number of nitrogens with zero attached hydrogens (tertiary/aromatic N) is 2. The van der Waals surface area contributed by atoms with Gasteiger partial charge in [-0.05, 0) is 79.1 Å². The van der Waals surface area contributed by atoms with E-state index < -0.39 is 17.7 Å². The summed E-state index contributed by atoms with van der Waals surface area (Å²) in [6.45, 7) is 4.78. The SMILES string of the molecule is CCOc1ccc(C(O)=C2C(=O)C(=O)N(c3nc4ccc(C)cc4s3)C2c2ccc(OCc3ccccc3)cc2)cc1. The fourth-order valence-electron chi connectivity index (χ4n) is 4.99. The van der Waals surface area contributed by atoms with Gasteiger partial charge in [-0.25, -0.2) is 4.98 Å². The first-order valence-corrected chi connectivity index (χ1v) is 14.4. The van der Waals surface area contributed by atoms with E-state index in [-0.39, 0.29) is 11.3 Å². The maximum absolute atomic E-state index is 13.6. The third-order valence-corrected chi connectivity index (χ3v) is 8.08. The summed E-state index contributed by atoms with van der Waals surface area (Å²) < 4.78 is 12.4. The molecule has 1 saturated heterocycles. The molecule has 1 aliphatic heterocycles. The van der Waals surface area contributed by atoms with Crippen molar-refractivity contribution < 1.29 is 24.2 Å². The minimum absolute atomic E-state index is 0.00227. The standard InChI is InChI=1S/C34H28N2O5S/c1-3-40-25-16-12-24(13-17-25)31(37)29-30(23-10-14-26(15-11-23)41-20-22-7-5-4-6-8-22)36(33(39)32(29)38)34-35-27-18-9-21(2)19-28(27)42-34/h4-19,30,37H,3,20H2,1-2H3. The zero-order valence-corrected chi connectivity index (χ0v) is 23.9. The maximum Gasteiger partial charge on any atom is 0.301 e. The maximum atomic E-state index is 13.6. The number of aromatic nitrogens is 1. The van der Waals surface area contributed by atoms with Crippen LogP contribution in [0, 0.1) is 6.92 Å². The normalized spacial score (nSPS) is 16.2. The number of ether oxygens (including phenoxy) is 2. The second kappa shape index (κ2) is 11.5. The first-order valence-electron chi connectivity index (χ1n) is 13.6. The van der Waals surface area contributed by atoms with Crippen molar-refractivity contribution in [3.05, 3.63) is 125 Å². The highest BCUT2D eigenvalue weighted by molar-refractivity contribution is 7.22. The highest BCUT2D eigenvalue weighted by Gasteiger charge is 2.48. The molecule has 0 radical (unpaired) electrons. The van der Waals surface area contributed by atoms with E-state index in [1.165, 1.54) is 16.2 Å². The number of thiazole rings is 1. The van der Waals surface area contributed by atoms with Crippen LogP contribution in [0.25, 0.3) is 16.0 Å². The number of ketones is 1. The molecular weight excluding hydrogens is 548 g/mol. The monoisotopic (exact) mass is 576 g/mol.